The molecule has 0 radical (unpaired) electrons. The van der Waals surface area contributed by atoms with Crippen LogP contribution in [-0.4, -0.2) is 37.1 Å². The van der Waals surface area contributed by atoms with E-state index in [1.165, 1.54) is 0 Å². The molecule has 3 aromatic carbocycles. The van der Waals surface area contributed by atoms with Gasteiger partial charge in [0.05, 0.1) is 11.5 Å². The molecule has 0 unspecified atom stereocenters. The predicted octanol–water partition coefficient (Wildman–Crippen LogP) is 6.34. The molecule has 0 aromatic heterocycles. The van der Waals surface area contributed by atoms with Gasteiger partial charge >= 0.3 is 23.9 Å². The van der Waals surface area contributed by atoms with Gasteiger partial charge in [-0.3, -0.25) is 4.79 Å². The standard InChI is InChI=1S/C33H32O8/c1-20(2)30(34)38-15-16-39-33(37)27-18-25(23-7-11-28(12-8-23)40-31(35)21(3)4)17-26(19-27)24-9-13-29(14-10-24)41-32(36)22(5)6/h7-14,17-20H,3,5,15-16H2,1-2,4,6H3. The molecule has 0 spiro atoms. The van der Waals surface area contributed by atoms with Gasteiger partial charge in [-0.15, -0.1) is 0 Å². The highest BCUT2D eigenvalue weighted by atomic mass is 16.6. The fourth-order valence-electron chi connectivity index (χ4n) is 3.42. The van der Waals surface area contributed by atoms with Crippen molar-refractivity contribution >= 4 is 23.9 Å². The van der Waals surface area contributed by atoms with Crippen molar-refractivity contribution in [2.45, 2.75) is 27.7 Å². The zero-order valence-electron chi connectivity index (χ0n) is 23.5. The highest BCUT2D eigenvalue weighted by Crippen LogP contribution is 2.31. The summed E-state index contributed by atoms with van der Waals surface area (Å²) in [6.45, 7) is 13.6. The van der Waals surface area contributed by atoms with Gasteiger partial charge in [0.1, 0.15) is 24.7 Å². The number of hydrogen-bond acceptors (Lipinski definition) is 8. The quantitative estimate of drug-likeness (QED) is 0.117. The van der Waals surface area contributed by atoms with Crippen LogP contribution in [0.15, 0.2) is 91.0 Å². The van der Waals surface area contributed by atoms with Crippen molar-refractivity contribution in [3.63, 3.8) is 0 Å². The maximum Gasteiger partial charge on any atom is 0.338 e. The minimum absolute atomic E-state index is 0.0516. The largest absolute Gasteiger partial charge is 0.462 e. The molecule has 0 amide bonds. The minimum atomic E-state index is -0.590. The Morgan fingerprint density at radius 2 is 1.05 bits per heavy atom. The van der Waals surface area contributed by atoms with Crippen LogP contribution in [0, 0.1) is 5.92 Å². The van der Waals surface area contributed by atoms with Crippen molar-refractivity contribution < 1.29 is 38.1 Å². The first-order valence-corrected chi connectivity index (χ1v) is 12.9. The maximum absolute atomic E-state index is 13.0. The molecule has 212 valence electrons. The Hall–Kier alpha value is -4.98. The average Bonchev–Trinajstić information content (AvgIpc) is 2.95. The van der Waals surface area contributed by atoms with Crippen LogP contribution in [-0.2, 0) is 23.9 Å². The van der Waals surface area contributed by atoms with E-state index in [1.807, 2.05) is 6.07 Å². The second-order valence-corrected chi connectivity index (χ2v) is 9.65. The smallest absolute Gasteiger partial charge is 0.338 e. The Balaban J connectivity index is 1.90. The number of benzene rings is 3. The van der Waals surface area contributed by atoms with E-state index in [-0.39, 0.29) is 41.8 Å². The van der Waals surface area contributed by atoms with Crippen molar-refractivity contribution in [2.75, 3.05) is 13.2 Å². The van der Waals surface area contributed by atoms with E-state index in [2.05, 4.69) is 13.2 Å². The molecule has 0 atom stereocenters. The number of rotatable bonds is 11. The monoisotopic (exact) mass is 556 g/mol. The van der Waals surface area contributed by atoms with Gasteiger partial charge in [-0.2, -0.15) is 0 Å². The van der Waals surface area contributed by atoms with Crippen LogP contribution >= 0.6 is 0 Å². The molecule has 0 aliphatic heterocycles. The van der Waals surface area contributed by atoms with Gasteiger partial charge in [0.25, 0.3) is 0 Å². The molecule has 0 saturated heterocycles. The fourth-order valence-corrected chi connectivity index (χ4v) is 3.42. The van der Waals surface area contributed by atoms with Crippen LogP contribution in [0.3, 0.4) is 0 Å². The molecule has 0 aliphatic carbocycles. The molecule has 0 aliphatic rings. The molecular formula is C33H32O8. The van der Waals surface area contributed by atoms with Crippen LogP contribution < -0.4 is 9.47 Å². The third-order valence-corrected chi connectivity index (χ3v) is 5.69. The van der Waals surface area contributed by atoms with E-state index in [0.29, 0.717) is 22.6 Å². The zero-order valence-corrected chi connectivity index (χ0v) is 23.5. The van der Waals surface area contributed by atoms with Crippen LogP contribution in [0.4, 0.5) is 0 Å². The van der Waals surface area contributed by atoms with Crippen LogP contribution in [0.2, 0.25) is 0 Å². The molecule has 0 saturated carbocycles. The number of esters is 4. The normalized spacial score (nSPS) is 10.5. The minimum Gasteiger partial charge on any atom is -0.462 e. The third-order valence-electron chi connectivity index (χ3n) is 5.69. The lowest BCUT2D eigenvalue weighted by Gasteiger charge is -2.12. The van der Waals surface area contributed by atoms with Gasteiger partial charge in [-0.1, -0.05) is 51.3 Å². The summed E-state index contributed by atoms with van der Waals surface area (Å²) in [5.74, 6) is -1.59. The number of hydrogen-bond donors (Lipinski definition) is 0. The van der Waals surface area contributed by atoms with E-state index < -0.39 is 17.9 Å². The van der Waals surface area contributed by atoms with Crippen LogP contribution in [0.1, 0.15) is 38.1 Å². The van der Waals surface area contributed by atoms with Crippen LogP contribution in [0.5, 0.6) is 11.5 Å². The number of carbonyl (C=O) groups is 4. The van der Waals surface area contributed by atoms with E-state index in [0.717, 1.165) is 11.1 Å². The van der Waals surface area contributed by atoms with Crippen molar-refractivity contribution in [3.8, 4) is 33.8 Å². The molecule has 41 heavy (non-hydrogen) atoms. The molecule has 0 heterocycles. The molecular weight excluding hydrogens is 524 g/mol. The molecule has 3 rings (SSSR count). The number of carbonyl (C=O) groups excluding carboxylic acids is 4. The predicted molar refractivity (Wildman–Crippen MR) is 154 cm³/mol. The Bertz CT molecular complexity index is 1370. The summed E-state index contributed by atoms with van der Waals surface area (Å²) in [6.07, 6.45) is 0. The highest BCUT2D eigenvalue weighted by Gasteiger charge is 2.15. The highest BCUT2D eigenvalue weighted by molar-refractivity contribution is 5.94. The van der Waals surface area contributed by atoms with Gasteiger partial charge in [-0.05, 0) is 78.6 Å². The van der Waals surface area contributed by atoms with Gasteiger partial charge in [0.2, 0.25) is 0 Å². The summed E-state index contributed by atoms with van der Waals surface area (Å²) in [7, 11) is 0. The third kappa shape index (κ3) is 8.76. The molecule has 0 N–H and O–H groups in total. The first-order chi connectivity index (χ1) is 19.4. The van der Waals surface area contributed by atoms with Gasteiger partial charge in [-0.25, -0.2) is 14.4 Å². The fraction of sp³-hybridized carbons (Fsp3) is 0.212. The Morgan fingerprint density at radius 3 is 1.44 bits per heavy atom. The van der Waals surface area contributed by atoms with Crippen molar-refractivity contribution in [1.29, 1.82) is 0 Å². The second kappa shape index (κ2) is 13.9. The molecule has 8 nitrogen and oxygen atoms in total. The summed E-state index contributed by atoms with van der Waals surface area (Å²) in [5, 5.41) is 0. The summed E-state index contributed by atoms with van der Waals surface area (Å²) in [6, 6.07) is 18.9. The van der Waals surface area contributed by atoms with E-state index in [1.54, 1.807) is 88.4 Å². The summed E-state index contributed by atoms with van der Waals surface area (Å²) in [5.41, 5.74) is 3.77. The Morgan fingerprint density at radius 1 is 0.634 bits per heavy atom. The molecule has 0 bridgehead atoms. The van der Waals surface area contributed by atoms with E-state index in [9.17, 15) is 19.2 Å². The topological polar surface area (TPSA) is 105 Å². The van der Waals surface area contributed by atoms with Crippen molar-refractivity contribution in [3.05, 3.63) is 96.6 Å². The second-order valence-electron chi connectivity index (χ2n) is 9.65. The lowest BCUT2D eigenvalue weighted by Crippen LogP contribution is -2.17. The van der Waals surface area contributed by atoms with Crippen molar-refractivity contribution in [1.82, 2.24) is 0 Å². The number of ether oxygens (including phenoxy) is 4. The average molecular weight is 557 g/mol. The first-order valence-electron chi connectivity index (χ1n) is 12.9. The summed E-state index contributed by atoms with van der Waals surface area (Å²) in [4.78, 5) is 48.3. The summed E-state index contributed by atoms with van der Waals surface area (Å²) >= 11 is 0. The Labute approximate surface area is 239 Å². The SMILES string of the molecule is C=C(C)C(=O)Oc1ccc(-c2cc(C(=O)OCCOC(=O)C(C)C)cc(-c3ccc(OC(=O)C(=C)C)cc3)c2)cc1. The molecule has 8 heteroatoms. The van der Waals surface area contributed by atoms with Gasteiger partial charge in [0.15, 0.2) is 0 Å². The zero-order chi connectivity index (χ0) is 30.1. The van der Waals surface area contributed by atoms with Gasteiger partial charge < -0.3 is 18.9 Å². The molecule has 3 aromatic rings. The van der Waals surface area contributed by atoms with E-state index in [4.69, 9.17) is 18.9 Å². The van der Waals surface area contributed by atoms with Crippen molar-refractivity contribution in [2.24, 2.45) is 5.92 Å². The molecule has 0 fully saturated rings. The Kier molecular flexibility index (Phi) is 10.4. The van der Waals surface area contributed by atoms with Gasteiger partial charge in [0, 0.05) is 11.1 Å². The lowest BCUT2D eigenvalue weighted by atomic mass is 9.96. The van der Waals surface area contributed by atoms with E-state index >= 15 is 0 Å². The summed E-state index contributed by atoms with van der Waals surface area (Å²) < 4.78 is 21.0. The first kappa shape index (κ1) is 30.6. The van der Waals surface area contributed by atoms with Crippen LogP contribution in [0.25, 0.3) is 22.3 Å². The lowest BCUT2D eigenvalue weighted by molar-refractivity contribution is -0.148. The maximum atomic E-state index is 13.0.